The third-order valence-electron chi connectivity index (χ3n) is 3.50. The number of nitrogens with one attached hydrogen (secondary N) is 1. The highest BCUT2D eigenvalue weighted by Gasteiger charge is 2.16. The first kappa shape index (κ1) is 19.4. The smallest absolute Gasteiger partial charge is 0.236 e. The Balaban J connectivity index is 1.76. The third-order valence-corrected chi connectivity index (χ3v) is 4.95. The van der Waals surface area contributed by atoms with Gasteiger partial charge in [0.1, 0.15) is 6.61 Å². The highest BCUT2D eigenvalue weighted by molar-refractivity contribution is 9.10. The zero-order chi connectivity index (χ0) is 19.1. The van der Waals surface area contributed by atoms with Crippen LogP contribution in [0, 0.1) is 0 Å². The van der Waals surface area contributed by atoms with Gasteiger partial charge in [0.15, 0.2) is 16.7 Å². The molecule has 1 amide bonds. The molecule has 1 aliphatic rings. The Kier molecular flexibility index (Phi) is 6.89. The van der Waals surface area contributed by atoms with Gasteiger partial charge in [0.25, 0.3) is 0 Å². The Labute approximate surface area is 170 Å². The molecule has 1 heterocycles. The van der Waals surface area contributed by atoms with Crippen molar-refractivity contribution in [2.75, 3.05) is 12.4 Å². The van der Waals surface area contributed by atoms with Crippen LogP contribution in [0.3, 0.4) is 0 Å². The molecule has 0 spiro atoms. The first-order chi connectivity index (χ1) is 13.2. The molecule has 2 aromatic rings. The van der Waals surface area contributed by atoms with Crippen LogP contribution < -0.4 is 14.8 Å². The first-order valence-electron chi connectivity index (χ1n) is 8.32. The topological polar surface area (TPSA) is 72.3 Å². The van der Waals surface area contributed by atoms with Gasteiger partial charge in [0.2, 0.25) is 5.91 Å². The molecule has 0 aliphatic carbocycles. The number of hydrogen-bond acceptors (Lipinski definition) is 6. The van der Waals surface area contributed by atoms with E-state index in [1.165, 1.54) is 11.8 Å². The fraction of sp³-hybridized carbons (Fsp3) is 0.211. The van der Waals surface area contributed by atoms with Crippen molar-refractivity contribution in [2.24, 2.45) is 10.2 Å². The molecule has 0 saturated carbocycles. The predicted octanol–water partition coefficient (Wildman–Crippen LogP) is 3.98. The van der Waals surface area contributed by atoms with E-state index < -0.39 is 0 Å². The van der Waals surface area contributed by atoms with Gasteiger partial charge in [-0.2, -0.15) is 5.10 Å². The summed E-state index contributed by atoms with van der Waals surface area (Å²) in [4.78, 5) is 11.1. The minimum Gasteiger partial charge on any atom is -0.490 e. The summed E-state index contributed by atoms with van der Waals surface area (Å²) < 4.78 is 12.5. The third kappa shape index (κ3) is 5.58. The molecule has 6 nitrogen and oxygen atoms in total. The van der Waals surface area contributed by atoms with Gasteiger partial charge in [0.05, 0.1) is 23.0 Å². The largest absolute Gasteiger partial charge is 0.490 e. The van der Waals surface area contributed by atoms with Crippen LogP contribution in [0.1, 0.15) is 18.1 Å². The number of halogens is 1. The highest BCUT2D eigenvalue weighted by Crippen LogP contribution is 2.37. The summed E-state index contributed by atoms with van der Waals surface area (Å²) in [6.07, 6.45) is 1.60. The summed E-state index contributed by atoms with van der Waals surface area (Å²) in [5.41, 5.74) is 1.88. The lowest BCUT2D eigenvalue weighted by Crippen LogP contribution is -2.19. The molecule has 0 aromatic heterocycles. The molecule has 3 rings (SSSR count). The van der Waals surface area contributed by atoms with E-state index in [-0.39, 0.29) is 5.91 Å². The van der Waals surface area contributed by atoms with Crippen LogP contribution >= 0.6 is 27.7 Å². The Morgan fingerprint density at radius 2 is 2.07 bits per heavy atom. The zero-order valence-corrected chi connectivity index (χ0v) is 17.0. The normalized spacial score (nSPS) is 15.3. The molecule has 1 N–H and O–H groups in total. The fourth-order valence-electron chi connectivity index (χ4n) is 2.32. The molecular weight excluding hydrogens is 430 g/mol. The van der Waals surface area contributed by atoms with E-state index in [0.29, 0.717) is 35.6 Å². The molecule has 0 atom stereocenters. The van der Waals surface area contributed by atoms with Gasteiger partial charge in [-0.15, -0.1) is 5.10 Å². The maximum absolute atomic E-state index is 11.1. The van der Waals surface area contributed by atoms with Gasteiger partial charge in [-0.1, -0.05) is 42.1 Å². The van der Waals surface area contributed by atoms with Crippen molar-refractivity contribution in [1.82, 2.24) is 5.32 Å². The first-order valence-corrected chi connectivity index (χ1v) is 10.1. The quantitative estimate of drug-likeness (QED) is 0.514. The van der Waals surface area contributed by atoms with Crippen LogP contribution in [0.4, 0.5) is 0 Å². The van der Waals surface area contributed by atoms with E-state index in [2.05, 4.69) is 31.4 Å². The van der Waals surface area contributed by atoms with Crippen molar-refractivity contribution >= 4 is 45.0 Å². The molecule has 8 heteroatoms. The molecule has 1 saturated heterocycles. The Morgan fingerprint density at radius 1 is 1.26 bits per heavy atom. The van der Waals surface area contributed by atoms with Crippen LogP contribution in [0.15, 0.2) is 57.1 Å². The van der Waals surface area contributed by atoms with Gasteiger partial charge in [-0.25, -0.2) is 0 Å². The molecule has 140 valence electrons. The summed E-state index contributed by atoms with van der Waals surface area (Å²) in [7, 11) is 0. The monoisotopic (exact) mass is 447 g/mol. The number of amides is 1. The Hall–Kier alpha value is -2.32. The van der Waals surface area contributed by atoms with Crippen LogP contribution in [0.2, 0.25) is 0 Å². The van der Waals surface area contributed by atoms with Gasteiger partial charge in [0, 0.05) is 0 Å². The van der Waals surface area contributed by atoms with Crippen molar-refractivity contribution < 1.29 is 14.3 Å². The summed E-state index contributed by atoms with van der Waals surface area (Å²) in [5.74, 6) is 1.58. The fourth-order valence-corrected chi connectivity index (χ4v) is 3.53. The lowest BCUT2D eigenvalue weighted by molar-refractivity contribution is -0.116. The van der Waals surface area contributed by atoms with Crippen LogP contribution in [0.25, 0.3) is 0 Å². The van der Waals surface area contributed by atoms with Crippen LogP contribution in [-0.4, -0.2) is 29.6 Å². The average molecular weight is 448 g/mol. The summed E-state index contributed by atoms with van der Waals surface area (Å²) in [6, 6.07) is 13.7. The van der Waals surface area contributed by atoms with Crippen LogP contribution in [-0.2, 0) is 11.4 Å². The summed E-state index contributed by atoms with van der Waals surface area (Å²) >= 11 is 4.87. The van der Waals surface area contributed by atoms with E-state index in [4.69, 9.17) is 9.47 Å². The second kappa shape index (κ2) is 9.57. The summed E-state index contributed by atoms with van der Waals surface area (Å²) in [5, 5.41) is 11.2. The maximum Gasteiger partial charge on any atom is 0.236 e. The number of ether oxygens (including phenoxy) is 2. The van der Waals surface area contributed by atoms with E-state index in [1.807, 2.05) is 49.4 Å². The SMILES string of the molecule is CCOc1cc(C=NN=C2NC(=O)CS2)cc(Br)c1OCc1ccccc1. The standard InChI is InChI=1S/C19H18BrN3O3S/c1-2-25-16-9-14(10-21-23-19-22-17(24)12-27-19)8-15(20)18(16)26-11-13-6-4-3-5-7-13/h3-10H,2,11-12H2,1H3,(H,22,23,24). The van der Waals surface area contributed by atoms with Crippen molar-refractivity contribution in [3.63, 3.8) is 0 Å². The summed E-state index contributed by atoms with van der Waals surface area (Å²) in [6.45, 7) is 2.87. The Bertz CT molecular complexity index is 872. The molecular formula is C19H18BrN3O3S. The average Bonchev–Trinajstić information content (AvgIpc) is 3.07. The zero-order valence-electron chi connectivity index (χ0n) is 14.6. The molecule has 1 fully saturated rings. The van der Waals surface area contributed by atoms with Crippen molar-refractivity contribution in [2.45, 2.75) is 13.5 Å². The lowest BCUT2D eigenvalue weighted by atomic mass is 10.2. The van der Waals surface area contributed by atoms with Crippen molar-refractivity contribution in [3.05, 3.63) is 58.1 Å². The van der Waals surface area contributed by atoms with Crippen molar-refractivity contribution in [3.8, 4) is 11.5 Å². The Morgan fingerprint density at radius 3 is 2.78 bits per heavy atom. The van der Waals surface area contributed by atoms with Crippen molar-refractivity contribution in [1.29, 1.82) is 0 Å². The second-order valence-electron chi connectivity index (χ2n) is 5.52. The van der Waals surface area contributed by atoms with E-state index in [1.54, 1.807) is 6.21 Å². The minimum atomic E-state index is -0.0600. The number of carbonyl (C=O) groups excluding carboxylic acids is 1. The van der Waals surface area contributed by atoms with E-state index >= 15 is 0 Å². The maximum atomic E-state index is 11.1. The number of rotatable bonds is 7. The predicted molar refractivity (Wildman–Crippen MR) is 112 cm³/mol. The minimum absolute atomic E-state index is 0.0600. The number of nitrogens with zero attached hydrogens (tertiary/aromatic N) is 2. The molecule has 27 heavy (non-hydrogen) atoms. The van der Waals surface area contributed by atoms with Gasteiger partial charge in [-0.05, 0) is 46.1 Å². The number of hydrogen-bond donors (Lipinski definition) is 1. The molecule has 1 aliphatic heterocycles. The molecule has 2 aromatic carbocycles. The van der Waals surface area contributed by atoms with E-state index in [9.17, 15) is 4.79 Å². The molecule has 0 unspecified atom stereocenters. The number of thioether (sulfide) groups is 1. The van der Waals surface area contributed by atoms with Gasteiger partial charge < -0.3 is 14.8 Å². The highest BCUT2D eigenvalue weighted by atomic mass is 79.9. The number of carbonyl (C=O) groups is 1. The van der Waals surface area contributed by atoms with Crippen LogP contribution in [0.5, 0.6) is 11.5 Å². The number of amidine groups is 1. The lowest BCUT2D eigenvalue weighted by Gasteiger charge is -2.14. The second-order valence-corrected chi connectivity index (χ2v) is 7.34. The van der Waals surface area contributed by atoms with E-state index in [0.717, 1.165) is 15.6 Å². The van der Waals surface area contributed by atoms with Gasteiger partial charge >= 0.3 is 0 Å². The number of benzene rings is 2. The van der Waals surface area contributed by atoms with Gasteiger partial charge in [-0.3, -0.25) is 4.79 Å². The molecule has 0 radical (unpaired) electrons. The molecule has 0 bridgehead atoms.